The molecule has 3 aromatic rings. The van der Waals surface area contributed by atoms with Crippen molar-refractivity contribution in [1.29, 1.82) is 0 Å². The summed E-state index contributed by atoms with van der Waals surface area (Å²) in [5.41, 5.74) is 3.02. The number of thioether (sulfide) groups is 1. The second-order valence-corrected chi connectivity index (χ2v) is 4.85. The number of nitrogens with zero attached hydrogens (tertiary/aromatic N) is 1. The zero-order chi connectivity index (χ0) is 13.1. The van der Waals surface area contributed by atoms with Gasteiger partial charge in [-0.1, -0.05) is 72.4 Å². The van der Waals surface area contributed by atoms with E-state index >= 15 is 0 Å². The number of hydrogen-bond acceptors (Lipinski definition) is 3. The summed E-state index contributed by atoms with van der Waals surface area (Å²) < 4.78 is 5.86. The van der Waals surface area contributed by atoms with Gasteiger partial charge in [0.15, 0.2) is 5.76 Å². The van der Waals surface area contributed by atoms with E-state index in [1.54, 1.807) is 0 Å². The normalized spacial score (nSPS) is 10.6. The minimum atomic E-state index is 0.692. The van der Waals surface area contributed by atoms with Crippen molar-refractivity contribution in [3.05, 3.63) is 60.7 Å². The molecular weight excluding hydrogens is 254 g/mol. The van der Waals surface area contributed by atoms with Crippen molar-refractivity contribution in [2.75, 3.05) is 6.26 Å². The minimum absolute atomic E-state index is 0.692. The standard InChI is InChI=1S/C16H13NOS/c1-19-16-17-14(12-8-4-2-5-9-12)15(18-16)13-10-6-3-7-11-13/h2-11H,1H3. The highest BCUT2D eigenvalue weighted by molar-refractivity contribution is 7.98. The monoisotopic (exact) mass is 267 g/mol. The van der Waals surface area contributed by atoms with Crippen LogP contribution >= 0.6 is 11.8 Å². The maximum Gasteiger partial charge on any atom is 0.256 e. The van der Waals surface area contributed by atoms with E-state index in [1.807, 2.05) is 54.8 Å². The van der Waals surface area contributed by atoms with Gasteiger partial charge in [0.05, 0.1) is 0 Å². The molecule has 0 bridgehead atoms. The van der Waals surface area contributed by atoms with Gasteiger partial charge >= 0.3 is 0 Å². The van der Waals surface area contributed by atoms with Crippen molar-refractivity contribution >= 4 is 11.8 Å². The smallest absolute Gasteiger partial charge is 0.256 e. The predicted molar refractivity (Wildman–Crippen MR) is 79.2 cm³/mol. The molecular formula is C16H13NOS. The van der Waals surface area contributed by atoms with E-state index in [4.69, 9.17) is 4.42 Å². The fourth-order valence-electron chi connectivity index (χ4n) is 1.96. The number of rotatable bonds is 3. The molecule has 0 saturated carbocycles. The summed E-state index contributed by atoms with van der Waals surface area (Å²) in [5, 5.41) is 0.692. The first-order chi connectivity index (χ1) is 9.38. The molecule has 0 N–H and O–H groups in total. The van der Waals surface area contributed by atoms with Crippen LogP contribution in [0.15, 0.2) is 70.3 Å². The van der Waals surface area contributed by atoms with E-state index in [9.17, 15) is 0 Å². The fraction of sp³-hybridized carbons (Fsp3) is 0.0625. The lowest BCUT2D eigenvalue weighted by atomic mass is 10.1. The first kappa shape index (κ1) is 12.1. The Kier molecular flexibility index (Phi) is 3.38. The molecule has 0 spiro atoms. The zero-order valence-electron chi connectivity index (χ0n) is 10.5. The number of hydrogen-bond donors (Lipinski definition) is 0. The van der Waals surface area contributed by atoms with Gasteiger partial charge in [-0.15, -0.1) is 0 Å². The third kappa shape index (κ3) is 2.42. The third-order valence-electron chi connectivity index (χ3n) is 2.87. The predicted octanol–water partition coefficient (Wildman–Crippen LogP) is 4.73. The lowest BCUT2D eigenvalue weighted by Crippen LogP contribution is -1.81. The topological polar surface area (TPSA) is 26.0 Å². The number of benzene rings is 2. The molecule has 3 heteroatoms. The Balaban J connectivity index is 2.17. The fourth-order valence-corrected chi connectivity index (χ4v) is 2.31. The van der Waals surface area contributed by atoms with Gasteiger partial charge in [0.1, 0.15) is 5.69 Å². The summed E-state index contributed by atoms with van der Waals surface area (Å²) >= 11 is 1.52. The van der Waals surface area contributed by atoms with Gasteiger partial charge in [-0.2, -0.15) is 0 Å². The van der Waals surface area contributed by atoms with Gasteiger partial charge in [0.2, 0.25) is 0 Å². The van der Waals surface area contributed by atoms with E-state index in [0.717, 1.165) is 22.6 Å². The van der Waals surface area contributed by atoms with Crippen molar-refractivity contribution in [3.63, 3.8) is 0 Å². The van der Waals surface area contributed by atoms with Crippen LogP contribution in [0.2, 0.25) is 0 Å². The molecule has 0 aliphatic carbocycles. The Morgan fingerprint density at radius 2 is 1.42 bits per heavy atom. The van der Waals surface area contributed by atoms with Crippen LogP contribution in [0, 0.1) is 0 Å². The average molecular weight is 267 g/mol. The Labute approximate surface area is 116 Å². The van der Waals surface area contributed by atoms with E-state index in [0.29, 0.717) is 5.22 Å². The molecule has 94 valence electrons. The van der Waals surface area contributed by atoms with Gasteiger partial charge in [-0.25, -0.2) is 4.98 Å². The Morgan fingerprint density at radius 3 is 2.00 bits per heavy atom. The molecule has 2 nitrogen and oxygen atoms in total. The molecule has 0 saturated heterocycles. The van der Waals surface area contributed by atoms with Gasteiger partial charge in [0.25, 0.3) is 5.22 Å². The van der Waals surface area contributed by atoms with Gasteiger partial charge in [-0.05, 0) is 6.26 Å². The maximum absolute atomic E-state index is 5.86. The molecule has 0 atom stereocenters. The quantitative estimate of drug-likeness (QED) is 0.642. The van der Waals surface area contributed by atoms with E-state index in [-0.39, 0.29) is 0 Å². The van der Waals surface area contributed by atoms with Crippen molar-refractivity contribution < 1.29 is 4.42 Å². The zero-order valence-corrected chi connectivity index (χ0v) is 11.4. The minimum Gasteiger partial charge on any atom is -0.431 e. The third-order valence-corrected chi connectivity index (χ3v) is 3.39. The summed E-state index contributed by atoms with van der Waals surface area (Å²) in [6, 6.07) is 20.2. The molecule has 0 unspecified atom stereocenters. The largest absolute Gasteiger partial charge is 0.431 e. The van der Waals surface area contributed by atoms with Gasteiger partial charge in [-0.3, -0.25) is 0 Å². The van der Waals surface area contributed by atoms with Crippen molar-refractivity contribution in [2.24, 2.45) is 0 Å². The molecule has 0 amide bonds. The van der Waals surface area contributed by atoms with Crippen molar-refractivity contribution in [2.45, 2.75) is 5.22 Å². The number of aromatic nitrogens is 1. The molecule has 2 aromatic carbocycles. The van der Waals surface area contributed by atoms with Gasteiger partial charge < -0.3 is 4.42 Å². The van der Waals surface area contributed by atoms with Crippen molar-refractivity contribution in [3.8, 4) is 22.6 Å². The number of oxazole rings is 1. The summed E-state index contributed by atoms with van der Waals surface area (Å²) in [7, 11) is 0. The lowest BCUT2D eigenvalue weighted by molar-refractivity contribution is 0.467. The Bertz CT molecular complexity index is 605. The first-order valence-electron chi connectivity index (χ1n) is 6.04. The Hall–Kier alpha value is -2.00. The Morgan fingerprint density at radius 1 is 0.842 bits per heavy atom. The van der Waals surface area contributed by atoms with Crippen LogP contribution in [0.1, 0.15) is 0 Å². The molecule has 0 radical (unpaired) electrons. The van der Waals surface area contributed by atoms with Crippen LogP contribution < -0.4 is 0 Å². The molecule has 0 fully saturated rings. The van der Waals surface area contributed by atoms with Crippen LogP contribution in [0.5, 0.6) is 0 Å². The summed E-state index contributed by atoms with van der Waals surface area (Å²) in [6.45, 7) is 0. The second-order valence-electron chi connectivity index (χ2n) is 4.09. The maximum atomic E-state index is 5.86. The highest BCUT2D eigenvalue weighted by atomic mass is 32.2. The van der Waals surface area contributed by atoms with E-state index in [1.165, 1.54) is 11.8 Å². The van der Waals surface area contributed by atoms with E-state index in [2.05, 4.69) is 17.1 Å². The first-order valence-corrected chi connectivity index (χ1v) is 7.26. The SMILES string of the molecule is CSc1nc(-c2ccccc2)c(-c2ccccc2)o1. The van der Waals surface area contributed by atoms with E-state index < -0.39 is 0 Å². The molecule has 1 aromatic heterocycles. The van der Waals surface area contributed by atoms with Crippen LogP contribution in [0.25, 0.3) is 22.6 Å². The van der Waals surface area contributed by atoms with Crippen LogP contribution in [-0.2, 0) is 0 Å². The lowest BCUT2D eigenvalue weighted by Gasteiger charge is -2.00. The second kappa shape index (κ2) is 5.33. The average Bonchev–Trinajstić information content (AvgIpc) is 2.93. The molecule has 3 rings (SSSR count). The van der Waals surface area contributed by atoms with Gasteiger partial charge in [0, 0.05) is 11.1 Å². The highest BCUT2D eigenvalue weighted by Crippen LogP contribution is 2.34. The molecule has 1 heterocycles. The summed E-state index contributed by atoms with van der Waals surface area (Å²) in [6.07, 6.45) is 1.97. The van der Waals surface area contributed by atoms with Crippen LogP contribution in [0.4, 0.5) is 0 Å². The highest BCUT2D eigenvalue weighted by Gasteiger charge is 2.15. The molecule has 0 aliphatic rings. The van der Waals surface area contributed by atoms with Crippen LogP contribution in [0.3, 0.4) is 0 Å². The molecule has 0 aliphatic heterocycles. The van der Waals surface area contributed by atoms with Crippen molar-refractivity contribution in [1.82, 2.24) is 4.98 Å². The summed E-state index contributed by atoms with van der Waals surface area (Å²) in [5.74, 6) is 0.830. The summed E-state index contributed by atoms with van der Waals surface area (Å²) in [4.78, 5) is 4.57. The molecule has 19 heavy (non-hydrogen) atoms. The van der Waals surface area contributed by atoms with Crippen LogP contribution in [-0.4, -0.2) is 11.2 Å².